The summed E-state index contributed by atoms with van der Waals surface area (Å²) < 4.78 is 12.7. The Morgan fingerprint density at radius 1 is 1.64 bits per heavy atom. The molecular formula is C8H11FN2. The number of nitrogens with one attached hydrogen (secondary N) is 1. The third kappa shape index (κ3) is 1.98. The van der Waals surface area contributed by atoms with Crippen molar-refractivity contribution < 1.29 is 4.39 Å². The van der Waals surface area contributed by atoms with Gasteiger partial charge in [-0.15, -0.1) is 0 Å². The summed E-state index contributed by atoms with van der Waals surface area (Å²) in [5.41, 5.74) is 1.51. The first-order chi connectivity index (χ1) is 5.24. The fourth-order valence-corrected chi connectivity index (χ4v) is 0.875. The van der Waals surface area contributed by atoms with Crippen molar-refractivity contribution in [1.29, 1.82) is 0 Å². The summed E-state index contributed by atoms with van der Waals surface area (Å²) in [7, 11) is 1.83. The van der Waals surface area contributed by atoms with Crippen molar-refractivity contribution in [2.45, 2.75) is 13.5 Å². The average molecular weight is 154 g/mol. The molecule has 0 spiro atoms. The molecular weight excluding hydrogens is 143 g/mol. The number of halogens is 1. The topological polar surface area (TPSA) is 24.9 Å². The first-order valence-electron chi connectivity index (χ1n) is 3.49. The lowest BCUT2D eigenvalue weighted by atomic mass is 10.2. The second kappa shape index (κ2) is 3.44. The van der Waals surface area contributed by atoms with E-state index in [1.807, 2.05) is 7.05 Å². The summed E-state index contributed by atoms with van der Waals surface area (Å²) >= 11 is 0. The number of aromatic nitrogens is 1. The van der Waals surface area contributed by atoms with E-state index in [9.17, 15) is 4.39 Å². The van der Waals surface area contributed by atoms with Crippen molar-refractivity contribution in [2.75, 3.05) is 7.05 Å². The molecule has 1 N–H and O–H groups in total. The van der Waals surface area contributed by atoms with Gasteiger partial charge in [0.1, 0.15) is 5.82 Å². The molecule has 0 amide bonds. The van der Waals surface area contributed by atoms with Gasteiger partial charge in [-0.05, 0) is 25.6 Å². The number of rotatable bonds is 2. The van der Waals surface area contributed by atoms with Gasteiger partial charge in [0.15, 0.2) is 0 Å². The highest BCUT2D eigenvalue weighted by molar-refractivity contribution is 5.16. The van der Waals surface area contributed by atoms with Gasteiger partial charge in [-0.1, -0.05) is 0 Å². The van der Waals surface area contributed by atoms with Crippen molar-refractivity contribution in [3.63, 3.8) is 0 Å². The van der Waals surface area contributed by atoms with Gasteiger partial charge in [-0.3, -0.25) is 4.98 Å². The quantitative estimate of drug-likeness (QED) is 0.693. The third-order valence-electron chi connectivity index (χ3n) is 1.46. The average Bonchev–Trinajstić information content (AvgIpc) is 1.98. The van der Waals surface area contributed by atoms with Crippen LogP contribution in [0.15, 0.2) is 12.3 Å². The van der Waals surface area contributed by atoms with E-state index in [-0.39, 0.29) is 5.82 Å². The summed E-state index contributed by atoms with van der Waals surface area (Å²) in [4.78, 5) is 3.89. The Morgan fingerprint density at radius 2 is 2.36 bits per heavy atom. The highest BCUT2D eigenvalue weighted by atomic mass is 19.1. The number of pyridine rings is 1. The number of hydrogen-bond acceptors (Lipinski definition) is 2. The molecule has 0 radical (unpaired) electrons. The molecule has 2 nitrogen and oxygen atoms in total. The minimum Gasteiger partial charge on any atom is -0.314 e. The minimum atomic E-state index is -0.246. The minimum absolute atomic E-state index is 0.246. The van der Waals surface area contributed by atoms with E-state index < -0.39 is 0 Å². The number of aryl methyl sites for hydroxylation is 1. The van der Waals surface area contributed by atoms with Crippen LogP contribution in [0.1, 0.15) is 11.3 Å². The molecule has 1 rings (SSSR count). The highest BCUT2D eigenvalue weighted by Gasteiger charge is 1.98. The zero-order valence-electron chi connectivity index (χ0n) is 6.69. The molecule has 0 aliphatic heterocycles. The molecule has 1 aromatic heterocycles. The summed E-state index contributed by atoms with van der Waals surface area (Å²) in [5.74, 6) is -0.246. The van der Waals surface area contributed by atoms with Gasteiger partial charge in [0.25, 0.3) is 0 Å². The monoisotopic (exact) mass is 154 g/mol. The fourth-order valence-electron chi connectivity index (χ4n) is 0.875. The van der Waals surface area contributed by atoms with Gasteiger partial charge in [-0.25, -0.2) is 4.39 Å². The van der Waals surface area contributed by atoms with E-state index in [2.05, 4.69) is 10.3 Å². The molecule has 0 saturated heterocycles. The zero-order chi connectivity index (χ0) is 8.27. The van der Waals surface area contributed by atoms with Crippen molar-refractivity contribution in [3.05, 3.63) is 29.3 Å². The second-order valence-electron chi connectivity index (χ2n) is 2.46. The number of hydrogen-bond donors (Lipinski definition) is 1. The summed E-state index contributed by atoms with van der Waals surface area (Å²) in [5, 5.41) is 2.95. The van der Waals surface area contributed by atoms with E-state index in [0.29, 0.717) is 12.1 Å². The van der Waals surface area contributed by atoms with Gasteiger partial charge in [-0.2, -0.15) is 0 Å². The molecule has 1 heterocycles. The predicted octanol–water partition coefficient (Wildman–Crippen LogP) is 1.25. The van der Waals surface area contributed by atoms with Crippen LogP contribution < -0.4 is 5.32 Å². The largest absolute Gasteiger partial charge is 0.314 e. The van der Waals surface area contributed by atoms with Crippen LogP contribution >= 0.6 is 0 Å². The summed E-state index contributed by atoms with van der Waals surface area (Å²) in [6.45, 7) is 2.41. The lowest BCUT2D eigenvalue weighted by Gasteiger charge is -2.00. The lowest BCUT2D eigenvalue weighted by Crippen LogP contribution is -2.07. The first kappa shape index (κ1) is 8.14. The molecule has 0 aromatic carbocycles. The summed E-state index contributed by atoms with van der Waals surface area (Å²) in [6.07, 6.45) is 1.25. The van der Waals surface area contributed by atoms with Gasteiger partial charge in [0, 0.05) is 6.54 Å². The highest BCUT2D eigenvalue weighted by Crippen LogP contribution is 2.05. The maximum Gasteiger partial charge on any atom is 0.144 e. The SMILES string of the molecule is CNCc1cc(C)c(F)cn1. The molecule has 60 valence electrons. The van der Waals surface area contributed by atoms with Crippen molar-refractivity contribution in [2.24, 2.45) is 0 Å². The smallest absolute Gasteiger partial charge is 0.144 e. The molecule has 0 bridgehead atoms. The molecule has 3 heteroatoms. The molecule has 0 aliphatic carbocycles. The van der Waals surface area contributed by atoms with Gasteiger partial charge < -0.3 is 5.32 Å². The Morgan fingerprint density at radius 3 is 2.91 bits per heavy atom. The Bertz CT molecular complexity index is 248. The Labute approximate surface area is 65.5 Å². The zero-order valence-corrected chi connectivity index (χ0v) is 6.69. The van der Waals surface area contributed by atoms with E-state index in [0.717, 1.165) is 5.69 Å². The predicted molar refractivity (Wildman–Crippen MR) is 41.7 cm³/mol. The van der Waals surface area contributed by atoms with Crippen LogP contribution in [-0.4, -0.2) is 12.0 Å². The fraction of sp³-hybridized carbons (Fsp3) is 0.375. The van der Waals surface area contributed by atoms with Gasteiger partial charge in [0.2, 0.25) is 0 Å². The maximum atomic E-state index is 12.7. The van der Waals surface area contributed by atoms with Crippen LogP contribution in [0.3, 0.4) is 0 Å². The standard InChI is InChI=1S/C8H11FN2/c1-6-3-7(4-10-2)11-5-8(6)9/h3,5,10H,4H2,1-2H3. The summed E-state index contributed by atoms with van der Waals surface area (Å²) in [6, 6.07) is 1.74. The first-order valence-corrected chi connectivity index (χ1v) is 3.49. The van der Waals surface area contributed by atoms with Crippen molar-refractivity contribution in [3.8, 4) is 0 Å². The maximum absolute atomic E-state index is 12.7. The van der Waals surface area contributed by atoms with Crippen LogP contribution in [0.25, 0.3) is 0 Å². The van der Waals surface area contributed by atoms with E-state index in [1.54, 1.807) is 13.0 Å². The van der Waals surface area contributed by atoms with E-state index in [4.69, 9.17) is 0 Å². The number of nitrogens with zero attached hydrogens (tertiary/aromatic N) is 1. The van der Waals surface area contributed by atoms with Gasteiger partial charge >= 0.3 is 0 Å². The van der Waals surface area contributed by atoms with Crippen LogP contribution in [0.4, 0.5) is 4.39 Å². The van der Waals surface area contributed by atoms with E-state index in [1.165, 1.54) is 6.20 Å². The van der Waals surface area contributed by atoms with Crippen LogP contribution in [0.5, 0.6) is 0 Å². The second-order valence-corrected chi connectivity index (χ2v) is 2.46. The van der Waals surface area contributed by atoms with Crippen molar-refractivity contribution >= 4 is 0 Å². The van der Waals surface area contributed by atoms with E-state index >= 15 is 0 Å². The van der Waals surface area contributed by atoms with Gasteiger partial charge in [0.05, 0.1) is 11.9 Å². The Hall–Kier alpha value is -0.960. The Balaban J connectivity index is 2.86. The molecule has 11 heavy (non-hydrogen) atoms. The molecule has 0 saturated carbocycles. The molecule has 0 atom stereocenters. The lowest BCUT2D eigenvalue weighted by molar-refractivity contribution is 0.608. The molecule has 0 fully saturated rings. The molecule has 0 unspecified atom stereocenters. The Kier molecular flexibility index (Phi) is 2.54. The van der Waals surface area contributed by atoms with Crippen LogP contribution in [0, 0.1) is 12.7 Å². The molecule has 0 aliphatic rings. The van der Waals surface area contributed by atoms with Crippen LogP contribution in [-0.2, 0) is 6.54 Å². The molecule has 1 aromatic rings. The van der Waals surface area contributed by atoms with Crippen molar-refractivity contribution in [1.82, 2.24) is 10.3 Å². The third-order valence-corrected chi connectivity index (χ3v) is 1.46. The van der Waals surface area contributed by atoms with Crippen LogP contribution in [0.2, 0.25) is 0 Å². The normalized spacial score (nSPS) is 10.1.